The second-order valence-electron chi connectivity index (χ2n) is 6.58. The van der Waals surface area contributed by atoms with Crippen molar-refractivity contribution >= 4 is 21.7 Å². The van der Waals surface area contributed by atoms with Crippen molar-refractivity contribution in [2.24, 2.45) is 5.14 Å². The summed E-state index contributed by atoms with van der Waals surface area (Å²) in [6.07, 6.45) is 0. The van der Waals surface area contributed by atoms with E-state index in [4.69, 9.17) is 5.14 Å². The smallest absolute Gasteiger partial charge is 0.251 e. The van der Waals surface area contributed by atoms with E-state index >= 15 is 0 Å². The molecule has 7 heteroatoms. The van der Waals surface area contributed by atoms with Gasteiger partial charge in [-0.15, -0.1) is 0 Å². The number of nitrogens with two attached hydrogens (primary N) is 1. The lowest BCUT2D eigenvalue weighted by molar-refractivity contribution is 0.0938. The second-order valence-corrected chi connectivity index (χ2v) is 8.14. The molecule has 0 aliphatic carbocycles. The lowest BCUT2D eigenvalue weighted by atomic mass is 10.0. The molecular weight excluding hydrogens is 388 g/mol. The van der Waals surface area contributed by atoms with Crippen LogP contribution in [0.15, 0.2) is 83.8 Å². The molecule has 1 amide bonds. The number of rotatable bonds is 6. The molecular formula is C22H20N2O4S. The first kappa shape index (κ1) is 20.4. The molecule has 3 aromatic rings. The highest BCUT2D eigenvalue weighted by Crippen LogP contribution is 2.17. The van der Waals surface area contributed by atoms with Crippen LogP contribution in [0.25, 0.3) is 0 Å². The molecule has 29 heavy (non-hydrogen) atoms. The Balaban J connectivity index is 1.68. The van der Waals surface area contributed by atoms with Crippen molar-refractivity contribution in [2.75, 3.05) is 0 Å². The molecule has 0 aromatic heterocycles. The van der Waals surface area contributed by atoms with Gasteiger partial charge in [-0.05, 0) is 36.8 Å². The Kier molecular flexibility index (Phi) is 5.91. The summed E-state index contributed by atoms with van der Waals surface area (Å²) < 4.78 is 22.7. The summed E-state index contributed by atoms with van der Waals surface area (Å²) in [6.45, 7) is 1.79. The van der Waals surface area contributed by atoms with Crippen LogP contribution in [-0.4, -0.2) is 20.1 Å². The second kappa shape index (κ2) is 8.38. The standard InChI is InChI=1S/C22H20N2O4S/c1-15(16-11-13-20(14-12-16)29(23,27)28)24-22(26)19-9-7-18(8-10-19)21(25)17-5-3-2-4-6-17/h2-15H,1H3,(H,24,26)(H2,23,27,28)/t15-/m1/s1. The molecule has 0 saturated carbocycles. The molecule has 0 bridgehead atoms. The number of hydrogen-bond acceptors (Lipinski definition) is 4. The maximum absolute atomic E-state index is 12.5. The third-order valence-corrected chi connectivity index (χ3v) is 5.43. The topological polar surface area (TPSA) is 106 Å². The van der Waals surface area contributed by atoms with Crippen LogP contribution in [0, 0.1) is 0 Å². The minimum Gasteiger partial charge on any atom is -0.346 e. The zero-order chi connectivity index (χ0) is 21.0. The van der Waals surface area contributed by atoms with Gasteiger partial charge in [0.1, 0.15) is 0 Å². The Morgan fingerprint density at radius 2 is 1.31 bits per heavy atom. The average molecular weight is 408 g/mol. The quantitative estimate of drug-likeness (QED) is 0.611. The number of ketones is 1. The van der Waals surface area contributed by atoms with Gasteiger partial charge in [-0.3, -0.25) is 9.59 Å². The summed E-state index contributed by atoms with van der Waals surface area (Å²) in [4.78, 5) is 24.9. The summed E-state index contributed by atoms with van der Waals surface area (Å²) in [7, 11) is -3.76. The van der Waals surface area contributed by atoms with Crippen LogP contribution in [-0.2, 0) is 10.0 Å². The summed E-state index contributed by atoms with van der Waals surface area (Å²) in [6, 6.07) is 21.0. The molecule has 148 valence electrons. The van der Waals surface area contributed by atoms with E-state index in [-0.39, 0.29) is 22.6 Å². The number of carbonyl (C=O) groups excluding carboxylic acids is 2. The van der Waals surface area contributed by atoms with Crippen molar-refractivity contribution in [1.29, 1.82) is 0 Å². The molecule has 0 saturated heterocycles. The maximum atomic E-state index is 12.5. The van der Waals surface area contributed by atoms with Gasteiger partial charge in [-0.2, -0.15) is 0 Å². The van der Waals surface area contributed by atoms with Crippen LogP contribution in [0.1, 0.15) is 44.8 Å². The number of sulfonamides is 1. The van der Waals surface area contributed by atoms with E-state index in [0.29, 0.717) is 16.7 Å². The van der Waals surface area contributed by atoms with Gasteiger partial charge in [-0.25, -0.2) is 13.6 Å². The van der Waals surface area contributed by atoms with Crippen LogP contribution in [0.3, 0.4) is 0 Å². The largest absolute Gasteiger partial charge is 0.346 e. The summed E-state index contributed by atoms with van der Waals surface area (Å²) in [5.41, 5.74) is 2.24. The third kappa shape index (κ3) is 4.96. The van der Waals surface area contributed by atoms with Crippen molar-refractivity contribution in [3.8, 4) is 0 Å². The molecule has 3 rings (SSSR count). The Hall–Kier alpha value is -3.29. The van der Waals surface area contributed by atoms with Gasteiger partial charge in [0.2, 0.25) is 10.0 Å². The SMILES string of the molecule is C[C@@H](NC(=O)c1ccc(C(=O)c2ccccc2)cc1)c1ccc(S(N)(=O)=O)cc1. The van der Waals surface area contributed by atoms with E-state index in [1.54, 1.807) is 67.6 Å². The molecule has 3 N–H and O–H groups in total. The molecule has 0 heterocycles. The van der Waals surface area contributed by atoms with E-state index < -0.39 is 10.0 Å². The van der Waals surface area contributed by atoms with Crippen LogP contribution >= 0.6 is 0 Å². The van der Waals surface area contributed by atoms with Crippen molar-refractivity contribution < 1.29 is 18.0 Å². The Morgan fingerprint density at radius 1 is 0.793 bits per heavy atom. The van der Waals surface area contributed by atoms with E-state index in [9.17, 15) is 18.0 Å². The Morgan fingerprint density at radius 3 is 1.86 bits per heavy atom. The van der Waals surface area contributed by atoms with Gasteiger partial charge in [0.25, 0.3) is 5.91 Å². The van der Waals surface area contributed by atoms with Crippen molar-refractivity contribution in [1.82, 2.24) is 5.32 Å². The lowest BCUT2D eigenvalue weighted by Gasteiger charge is -2.15. The predicted molar refractivity (Wildman–Crippen MR) is 110 cm³/mol. The minimum atomic E-state index is -3.76. The first-order valence-corrected chi connectivity index (χ1v) is 10.4. The number of nitrogens with one attached hydrogen (secondary N) is 1. The Bertz CT molecular complexity index is 1120. The van der Waals surface area contributed by atoms with Crippen LogP contribution in [0.5, 0.6) is 0 Å². The highest BCUT2D eigenvalue weighted by atomic mass is 32.2. The highest BCUT2D eigenvalue weighted by molar-refractivity contribution is 7.89. The van der Waals surface area contributed by atoms with Gasteiger partial charge in [0, 0.05) is 16.7 Å². The summed E-state index contributed by atoms with van der Waals surface area (Å²) in [5.74, 6) is -0.410. The number of carbonyl (C=O) groups is 2. The molecule has 0 fully saturated rings. The zero-order valence-electron chi connectivity index (χ0n) is 15.7. The third-order valence-electron chi connectivity index (χ3n) is 4.50. The highest BCUT2D eigenvalue weighted by Gasteiger charge is 2.14. The predicted octanol–water partition coefficient (Wildman–Crippen LogP) is 3.06. The van der Waals surface area contributed by atoms with E-state index in [2.05, 4.69) is 5.32 Å². The van der Waals surface area contributed by atoms with E-state index in [1.807, 2.05) is 6.07 Å². The number of hydrogen-bond donors (Lipinski definition) is 2. The van der Waals surface area contributed by atoms with Crippen LogP contribution in [0.4, 0.5) is 0 Å². The van der Waals surface area contributed by atoms with Gasteiger partial charge in [0.05, 0.1) is 10.9 Å². The number of amides is 1. The Labute approximate surface area is 169 Å². The maximum Gasteiger partial charge on any atom is 0.251 e. The van der Waals surface area contributed by atoms with Crippen molar-refractivity contribution in [2.45, 2.75) is 17.9 Å². The molecule has 3 aromatic carbocycles. The number of primary sulfonamides is 1. The van der Waals surface area contributed by atoms with E-state index in [0.717, 1.165) is 5.56 Å². The first-order chi connectivity index (χ1) is 13.8. The fourth-order valence-electron chi connectivity index (χ4n) is 2.84. The molecule has 6 nitrogen and oxygen atoms in total. The normalized spacial score (nSPS) is 12.2. The zero-order valence-corrected chi connectivity index (χ0v) is 16.5. The van der Waals surface area contributed by atoms with Crippen molar-refractivity contribution in [3.63, 3.8) is 0 Å². The van der Waals surface area contributed by atoms with Gasteiger partial charge in [0.15, 0.2) is 5.78 Å². The van der Waals surface area contributed by atoms with Crippen LogP contribution in [0.2, 0.25) is 0 Å². The first-order valence-electron chi connectivity index (χ1n) is 8.89. The fraction of sp³-hybridized carbons (Fsp3) is 0.0909. The molecule has 0 spiro atoms. The molecule has 0 aliphatic heterocycles. The molecule has 0 unspecified atom stereocenters. The fourth-order valence-corrected chi connectivity index (χ4v) is 3.35. The molecule has 1 atom stereocenters. The number of benzene rings is 3. The summed E-state index contributed by atoms with van der Waals surface area (Å²) in [5, 5.41) is 7.94. The average Bonchev–Trinajstić information content (AvgIpc) is 2.73. The van der Waals surface area contributed by atoms with Crippen molar-refractivity contribution in [3.05, 3.63) is 101 Å². The van der Waals surface area contributed by atoms with Crippen LogP contribution < -0.4 is 10.5 Å². The lowest BCUT2D eigenvalue weighted by Crippen LogP contribution is -2.26. The minimum absolute atomic E-state index is 0.0125. The van der Waals surface area contributed by atoms with Gasteiger partial charge >= 0.3 is 0 Å². The van der Waals surface area contributed by atoms with Gasteiger partial charge in [-0.1, -0.05) is 54.6 Å². The summed E-state index contributed by atoms with van der Waals surface area (Å²) >= 11 is 0. The molecule has 0 radical (unpaired) electrons. The molecule has 0 aliphatic rings. The van der Waals surface area contributed by atoms with Gasteiger partial charge < -0.3 is 5.32 Å². The van der Waals surface area contributed by atoms with E-state index in [1.165, 1.54) is 12.1 Å². The monoisotopic (exact) mass is 408 g/mol.